The second-order valence-corrected chi connectivity index (χ2v) is 6.11. The van der Waals surface area contributed by atoms with Gasteiger partial charge in [0.25, 0.3) is 0 Å². The van der Waals surface area contributed by atoms with Crippen molar-refractivity contribution in [1.29, 1.82) is 0 Å². The molecule has 0 radical (unpaired) electrons. The van der Waals surface area contributed by atoms with Gasteiger partial charge in [-0.15, -0.1) is 0 Å². The van der Waals surface area contributed by atoms with Gasteiger partial charge >= 0.3 is 0 Å². The zero-order chi connectivity index (χ0) is 19.9. The van der Waals surface area contributed by atoms with Crippen LogP contribution in [-0.2, 0) is 0 Å². The predicted octanol–water partition coefficient (Wildman–Crippen LogP) is 7.36. The van der Waals surface area contributed by atoms with Gasteiger partial charge in [-0.1, -0.05) is 68.8 Å². The minimum atomic E-state index is 0. The largest absolute Gasteiger partial charge is 0.261 e. The lowest BCUT2D eigenvalue weighted by Crippen LogP contribution is -1.78. The molecule has 0 saturated heterocycles. The standard InChI is InChI=1S/C8H10.2C7H9N.C2H6.CH4/c1-7-3-5-8(2)6-4-7;2*1-6-3-4-7(2)8-5-6;1-2;/h3-6H,1-2H3;2*3-5H,1-2H3;1-2H3;1H4. The molecule has 0 aliphatic heterocycles. The Morgan fingerprint density at radius 1 is 0.444 bits per heavy atom. The van der Waals surface area contributed by atoms with Crippen LogP contribution in [0.15, 0.2) is 60.9 Å². The van der Waals surface area contributed by atoms with E-state index < -0.39 is 0 Å². The Bertz CT molecular complexity index is 530. The van der Waals surface area contributed by atoms with E-state index in [4.69, 9.17) is 0 Å². The van der Waals surface area contributed by atoms with Crippen molar-refractivity contribution in [2.75, 3.05) is 0 Å². The Kier molecular flexibility index (Phi) is 15.6. The number of aryl methyl sites for hydroxylation is 6. The minimum Gasteiger partial charge on any atom is -0.261 e. The normalized spacial score (nSPS) is 8.44. The van der Waals surface area contributed by atoms with Crippen molar-refractivity contribution in [1.82, 2.24) is 9.97 Å². The second kappa shape index (κ2) is 15.7. The SMILES string of the molecule is C.CC.Cc1ccc(C)cc1.Cc1ccc(C)nc1.Cc1ccc(C)nc1. The molecule has 2 heterocycles. The summed E-state index contributed by atoms with van der Waals surface area (Å²) in [7, 11) is 0. The highest BCUT2D eigenvalue weighted by molar-refractivity contribution is 5.19. The summed E-state index contributed by atoms with van der Waals surface area (Å²) in [6, 6.07) is 16.6. The zero-order valence-electron chi connectivity index (χ0n) is 17.7. The van der Waals surface area contributed by atoms with Gasteiger partial charge in [0.1, 0.15) is 0 Å². The topological polar surface area (TPSA) is 25.8 Å². The molecule has 2 heteroatoms. The number of rotatable bonds is 0. The van der Waals surface area contributed by atoms with Crippen LogP contribution < -0.4 is 0 Å². The third-order valence-corrected chi connectivity index (χ3v) is 3.34. The first kappa shape index (κ1) is 26.7. The molecule has 0 atom stereocenters. The van der Waals surface area contributed by atoms with Gasteiger partial charge in [0.15, 0.2) is 0 Å². The summed E-state index contributed by atoms with van der Waals surface area (Å²) in [4.78, 5) is 8.16. The molecule has 2 aromatic heterocycles. The maximum absolute atomic E-state index is 4.08. The summed E-state index contributed by atoms with van der Waals surface area (Å²) in [5, 5.41) is 0. The van der Waals surface area contributed by atoms with E-state index in [1.807, 2.05) is 66.1 Å². The van der Waals surface area contributed by atoms with Crippen LogP contribution in [0.5, 0.6) is 0 Å². The smallest absolute Gasteiger partial charge is 0.0372 e. The molecule has 0 N–H and O–H groups in total. The Morgan fingerprint density at radius 3 is 0.889 bits per heavy atom. The van der Waals surface area contributed by atoms with Gasteiger partial charge in [-0.05, 0) is 64.8 Å². The van der Waals surface area contributed by atoms with Gasteiger partial charge in [0.05, 0.1) is 0 Å². The molecule has 2 nitrogen and oxygen atoms in total. The molecule has 27 heavy (non-hydrogen) atoms. The van der Waals surface area contributed by atoms with Crippen molar-refractivity contribution in [2.24, 2.45) is 0 Å². The molecule has 0 saturated carbocycles. The molecule has 0 unspecified atom stereocenters. The summed E-state index contributed by atoms with van der Waals surface area (Å²) in [5.41, 5.74) is 7.25. The molecule has 148 valence electrons. The van der Waals surface area contributed by atoms with Crippen LogP contribution in [-0.4, -0.2) is 9.97 Å². The molecule has 1 aromatic carbocycles. The molecule has 0 bridgehead atoms. The molecule has 3 aromatic rings. The average Bonchev–Trinajstić information content (AvgIpc) is 2.65. The van der Waals surface area contributed by atoms with E-state index in [1.165, 1.54) is 22.3 Å². The fourth-order valence-electron chi connectivity index (χ4n) is 1.72. The maximum atomic E-state index is 4.08. The van der Waals surface area contributed by atoms with Crippen LogP contribution in [0.3, 0.4) is 0 Å². The van der Waals surface area contributed by atoms with Crippen LogP contribution in [0.4, 0.5) is 0 Å². The Hall–Kier alpha value is -2.48. The molecule has 0 aliphatic rings. The fourth-order valence-corrected chi connectivity index (χ4v) is 1.72. The highest BCUT2D eigenvalue weighted by Crippen LogP contribution is 1.99. The Balaban J connectivity index is 0. The molecule has 0 spiro atoms. The highest BCUT2D eigenvalue weighted by Gasteiger charge is 1.82. The first-order valence-corrected chi connectivity index (χ1v) is 9.18. The van der Waals surface area contributed by atoms with Crippen LogP contribution in [0.2, 0.25) is 0 Å². The quantitative estimate of drug-likeness (QED) is 0.415. The minimum absolute atomic E-state index is 0. The highest BCUT2D eigenvalue weighted by atomic mass is 14.7. The van der Waals surface area contributed by atoms with Crippen LogP contribution in [0.25, 0.3) is 0 Å². The van der Waals surface area contributed by atoms with Crippen LogP contribution in [0, 0.1) is 41.5 Å². The summed E-state index contributed by atoms with van der Waals surface area (Å²) in [5.74, 6) is 0. The zero-order valence-corrected chi connectivity index (χ0v) is 17.7. The van der Waals surface area contributed by atoms with E-state index in [0.29, 0.717) is 0 Å². The lowest BCUT2D eigenvalue weighted by molar-refractivity contribution is 1.17. The summed E-state index contributed by atoms with van der Waals surface area (Å²) < 4.78 is 0. The number of pyridine rings is 2. The van der Waals surface area contributed by atoms with Gasteiger partial charge in [0, 0.05) is 23.8 Å². The number of benzene rings is 1. The van der Waals surface area contributed by atoms with E-state index in [0.717, 1.165) is 11.4 Å². The fraction of sp³-hybridized carbons (Fsp3) is 0.360. The van der Waals surface area contributed by atoms with Crippen molar-refractivity contribution < 1.29 is 0 Å². The first-order valence-electron chi connectivity index (χ1n) is 9.18. The Morgan fingerprint density at radius 2 is 0.704 bits per heavy atom. The number of hydrogen-bond acceptors (Lipinski definition) is 2. The van der Waals surface area contributed by atoms with E-state index >= 15 is 0 Å². The monoisotopic (exact) mass is 366 g/mol. The molecule has 0 aliphatic carbocycles. The summed E-state index contributed by atoms with van der Waals surface area (Å²) >= 11 is 0. The first-order chi connectivity index (χ1) is 12.4. The van der Waals surface area contributed by atoms with Gasteiger partial charge < -0.3 is 0 Å². The molecular formula is C25H38N2. The number of hydrogen-bond donors (Lipinski definition) is 0. The van der Waals surface area contributed by atoms with Crippen molar-refractivity contribution >= 4 is 0 Å². The van der Waals surface area contributed by atoms with Crippen molar-refractivity contribution in [3.63, 3.8) is 0 Å². The van der Waals surface area contributed by atoms with E-state index in [2.05, 4.69) is 60.2 Å². The van der Waals surface area contributed by atoms with Gasteiger partial charge in [-0.2, -0.15) is 0 Å². The predicted molar refractivity (Wildman–Crippen MR) is 121 cm³/mol. The molecule has 0 fully saturated rings. The lowest BCUT2D eigenvalue weighted by atomic mass is 10.2. The van der Waals surface area contributed by atoms with Gasteiger partial charge in [-0.3, -0.25) is 9.97 Å². The number of aromatic nitrogens is 2. The van der Waals surface area contributed by atoms with E-state index in [-0.39, 0.29) is 7.43 Å². The number of nitrogens with zero attached hydrogens (tertiary/aromatic N) is 2. The molecule has 0 amide bonds. The lowest BCUT2D eigenvalue weighted by Gasteiger charge is -1.90. The molecular weight excluding hydrogens is 328 g/mol. The van der Waals surface area contributed by atoms with E-state index in [1.54, 1.807) is 0 Å². The van der Waals surface area contributed by atoms with Gasteiger partial charge in [0.2, 0.25) is 0 Å². The Labute approximate surface area is 167 Å². The third kappa shape index (κ3) is 14.4. The average molecular weight is 367 g/mol. The van der Waals surface area contributed by atoms with Crippen molar-refractivity contribution in [3.8, 4) is 0 Å². The van der Waals surface area contributed by atoms with Crippen LogP contribution in [0.1, 0.15) is 54.9 Å². The van der Waals surface area contributed by atoms with E-state index in [9.17, 15) is 0 Å². The van der Waals surface area contributed by atoms with Gasteiger partial charge in [-0.25, -0.2) is 0 Å². The third-order valence-electron chi connectivity index (χ3n) is 3.34. The van der Waals surface area contributed by atoms with Crippen molar-refractivity contribution in [2.45, 2.75) is 62.8 Å². The maximum Gasteiger partial charge on any atom is 0.0372 e. The van der Waals surface area contributed by atoms with Crippen molar-refractivity contribution in [3.05, 3.63) is 94.6 Å². The summed E-state index contributed by atoms with van der Waals surface area (Å²) in [6.07, 6.45) is 3.74. The second-order valence-electron chi connectivity index (χ2n) is 6.11. The summed E-state index contributed by atoms with van der Waals surface area (Å²) in [6.45, 7) is 16.2. The molecule has 3 rings (SSSR count). The van der Waals surface area contributed by atoms with Crippen LogP contribution >= 0.6 is 0 Å².